The van der Waals surface area contributed by atoms with Crippen molar-refractivity contribution in [3.63, 3.8) is 0 Å². The van der Waals surface area contributed by atoms with E-state index in [1.807, 2.05) is 0 Å². The molecule has 7 nitrogen and oxygen atoms in total. The SMILES string of the molecule is CC(=O)CNc1cc(N(C)C(C)=O)cc([N+](=O)[O-])c1. The fourth-order valence-corrected chi connectivity index (χ4v) is 1.40. The Balaban J connectivity index is 3.13. The Morgan fingerprint density at radius 1 is 1.32 bits per heavy atom. The number of hydrogen-bond donors (Lipinski definition) is 1. The Morgan fingerprint density at radius 3 is 2.42 bits per heavy atom. The highest BCUT2D eigenvalue weighted by atomic mass is 16.6. The third kappa shape index (κ3) is 4.06. The molecule has 0 radical (unpaired) electrons. The van der Waals surface area contributed by atoms with Gasteiger partial charge < -0.3 is 10.2 Å². The summed E-state index contributed by atoms with van der Waals surface area (Å²) in [5.74, 6) is -0.328. The second kappa shape index (κ2) is 5.94. The molecule has 1 rings (SSSR count). The quantitative estimate of drug-likeness (QED) is 0.644. The lowest BCUT2D eigenvalue weighted by molar-refractivity contribution is -0.384. The smallest absolute Gasteiger partial charge is 0.273 e. The van der Waals surface area contributed by atoms with Crippen LogP contribution >= 0.6 is 0 Å². The molecule has 1 aromatic rings. The highest BCUT2D eigenvalue weighted by Crippen LogP contribution is 2.26. The minimum atomic E-state index is -0.545. The predicted molar refractivity (Wildman–Crippen MR) is 71.4 cm³/mol. The summed E-state index contributed by atoms with van der Waals surface area (Å²) in [6.45, 7) is 2.85. The molecule has 0 atom stereocenters. The van der Waals surface area contributed by atoms with E-state index < -0.39 is 4.92 Å². The number of carbonyl (C=O) groups excluding carboxylic acids is 2. The second-order valence-corrected chi connectivity index (χ2v) is 4.13. The molecule has 102 valence electrons. The van der Waals surface area contributed by atoms with Crippen molar-refractivity contribution in [3.05, 3.63) is 28.3 Å². The van der Waals surface area contributed by atoms with Crippen LogP contribution in [-0.2, 0) is 9.59 Å². The first-order chi connectivity index (χ1) is 8.81. The van der Waals surface area contributed by atoms with E-state index in [2.05, 4.69) is 5.32 Å². The molecule has 0 unspecified atom stereocenters. The maximum absolute atomic E-state index is 11.3. The number of anilines is 2. The Hall–Kier alpha value is -2.44. The van der Waals surface area contributed by atoms with Crippen LogP contribution in [0.5, 0.6) is 0 Å². The number of nitro groups is 1. The van der Waals surface area contributed by atoms with Crippen LogP contribution < -0.4 is 10.2 Å². The summed E-state index contributed by atoms with van der Waals surface area (Å²) >= 11 is 0. The van der Waals surface area contributed by atoms with E-state index in [9.17, 15) is 19.7 Å². The number of non-ortho nitro benzene ring substituents is 1. The van der Waals surface area contributed by atoms with E-state index in [-0.39, 0.29) is 23.9 Å². The third-order valence-electron chi connectivity index (χ3n) is 2.51. The van der Waals surface area contributed by atoms with Crippen LogP contribution in [0.15, 0.2) is 18.2 Å². The summed E-state index contributed by atoms with van der Waals surface area (Å²) in [7, 11) is 1.52. The minimum absolute atomic E-state index is 0.0738. The number of rotatable bonds is 5. The van der Waals surface area contributed by atoms with Gasteiger partial charge in [-0.1, -0.05) is 0 Å². The fraction of sp³-hybridized carbons (Fsp3) is 0.333. The van der Waals surface area contributed by atoms with Gasteiger partial charge in [-0.05, 0) is 13.0 Å². The molecule has 0 saturated heterocycles. The van der Waals surface area contributed by atoms with Crippen LogP contribution in [0.3, 0.4) is 0 Å². The van der Waals surface area contributed by atoms with Gasteiger partial charge in [-0.15, -0.1) is 0 Å². The highest BCUT2D eigenvalue weighted by Gasteiger charge is 2.14. The molecule has 0 saturated carbocycles. The summed E-state index contributed by atoms with van der Waals surface area (Å²) in [4.78, 5) is 33.8. The Kier molecular flexibility index (Phi) is 4.57. The molecule has 0 spiro atoms. The Labute approximate surface area is 110 Å². The van der Waals surface area contributed by atoms with Gasteiger partial charge in [0.15, 0.2) is 0 Å². The van der Waals surface area contributed by atoms with E-state index in [0.29, 0.717) is 11.4 Å². The van der Waals surface area contributed by atoms with Gasteiger partial charge in [0.05, 0.1) is 17.2 Å². The predicted octanol–water partition coefficient (Wildman–Crippen LogP) is 1.58. The average Bonchev–Trinajstić information content (AvgIpc) is 2.34. The third-order valence-corrected chi connectivity index (χ3v) is 2.51. The number of hydrogen-bond acceptors (Lipinski definition) is 5. The van der Waals surface area contributed by atoms with Gasteiger partial charge in [0, 0.05) is 31.8 Å². The van der Waals surface area contributed by atoms with Crippen molar-refractivity contribution in [2.45, 2.75) is 13.8 Å². The molecule has 19 heavy (non-hydrogen) atoms. The van der Waals surface area contributed by atoms with E-state index in [1.165, 1.54) is 37.9 Å². The van der Waals surface area contributed by atoms with Crippen molar-refractivity contribution >= 4 is 28.8 Å². The largest absolute Gasteiger partial charge is 0.378 e. The zero-order valence-electron chi connectivity index (χ0n) is 11.0. The summed E-state index contributed by atoms with van der Waals surface area (Å²) in [6.07, 6.45) is 0. The number of Topliss-reactive ketones (excluding diaryl/α,β-unsaturated/α-hetero) is 1. The first-order valence-corrected chi connectivity index (χ1v) is 5.58. The van der Waals surface area contributed by atoms with Crippen molar-refractivity contribution in [2.75, 3.05) is 23.8 Å². The van der Waals surface area contributed by atoms with Crippen molar-refractivity contribution < 1.29 is 14.5 Å². The lowest BCUT2D eigenvalue weighted by Gasteiger charge is -2.16. The number of benzene rings is 1. The van der Waals surface area contributed by atoms with E-state index in [4.69, 9.17) is 0 Å². The lowest BCUT2D eigenvalue weighted by Crippen LogP contribution is -2.23. The van der Waals surface area contributed by atoms with Crippen LogP contribution in [0.1, 0.15) is 13.8 Å². The molecule has 0 heterocycles. The molecule has 0 bridgehead atoms. The topological polar surface area (TPSA) is 92.6 Å². The maximum Gasteiger partial charge on any atom is 0.273 e. The summed E-state index contributed by atoms with van der Waals surface area (Å²) in [5, 5.41) is 13.6. The number of carbonyl (C=O) groups is 2. The average molecular weight is 265 g/mol. The first-order valence-electron chi connectivity index (χ1n) is 5.58. The molecule has 1 aromatic carbocycles. The zero-order chi connectivity index (χ0) is 14.6. The van der Waals surface area contributed by atoms with Crippen LogP contribution in [0.2, 0.25) is 0 Å². The highest BCUT2D eigenvalue weighted by molar-refractivity contribution is 5.92. The van der Waals surface area contributed by atoms with E-state index in [1.54, 1.807) is 6.07 Å². The number of nitro benzene ring substituents is 1. The summed E-state index contributed by atoms with van der Waals surface area (Å²) in [5.41, 5.74) is 0.678. The Bertz CT molecular complexity index is 528. The van der Waals surface area contributed by atoms with Crippen LogP contribution in [0, 0.1) is 10.1 Å². The molecule has 0 aliphatic carbocycles. The van der Waals surface area contributed by atoms with Gasteiger partial charge in [-0.25, -0.2) is 0 Å². The fourth-order valence-electron chi connectivity index (χ4n) is 1.40. The first kappa shape index (κ1) is 14.6. The van der Waals surface area contributed by atoms with Gasteiger partial charge >= 0.3 is 0 Å². The van der Waals surface area contributed by atoms with E-state index >= 15 is 0 Å². The summed E-state index contributed by atoms with van der Waals surface area (Å²) in [6, 6.07) is 4.21. The number of amides is 1. The molecule has 0 aromatic heterocycles. The monoisotopic (exact) mass is 265 g/mol. The second-order valence-electron chi connectivity index (χ2n) is 4.13. The van der Waals surface area contributed by atoms with Gasteiger partial charge in [-0.2, -0.15) is 0 Å². The molecule has 0 aliphatic rings. The number of ketones is 1. The maximum atomic E-state index is 11.3. The van der Waals surface area contributed by atoms with Crippen LogP contribution in [-0.4, -0.2) is 30.2 Å². The zero-order valence-corrected chi connectivity index (χ0v) is 11.0. The molecule has 1 amide bonds. The molecule has 0 fully saturated rings. The number of nitrogens with one attached hydrogen (secondary N) is 1. The van der Waals surface area contributed by atoms with Crippen molar-refractivity contribution in [3.8, 4) is 0 Å². The molecular formula is C12H15N3O4. The van der Waals surface area contributed by atoms with Crippen LogP contribution in [0.25, 0.3) is 0 Å². The van der Waals surface area contributed by atoms with Gasteiger partial charge in [0.25, 0.3) is 5.69 Å². The molecule has 7 heteroatoms. The normalized spacial score (nSPS) is 9.84. The van der Waals surface area contributed by atoms with E-state index in [0.717, 1.165) is 0 Å². The van der Waals surface area contributed by atoms with Crippen LogP contribution in [0.4, 0.5) is 17.1 Å². The van der Waals surface area contributed by atoms with Gasteiger partial charge in [0.2, 0.25) is 5.91 Å². The van der Waals surface area contributed by atoms with Gasteiger partial charge in [0.1, 0.15) is 5.78 Å². The molecule has 0 aliphatic heterocycles. The number of nitrogens with zero attached hydrogens (tertiary/aromatic N) is 2. The standard InChI is InChI=1S/C12H15N3O4/c1-8(16)7-13-10-4-11(14(3)9(2)17)6-12(5-10)15(18)19/h4-6,13H,7H2,1-3H3. The minimum Gasteiger partial charge on any atom is -0.378 e. The van der Waals surface area contributed by atoms with Crippen molar-refractivity contribution in [2.24, 2.45) is 0 Å². The molecule has 1 N–H and O–H groups in total. The lowest BCUT2D eigenvalue weighted by atomic mass is 10.2. The van der Waals surface area contributed by atoms with Crippen molar-refractivity contribution in [1.29, 1.82) is 0 Å². The van der Waals surface area contributed by atoms with Crippen molar-refractivity contribution in [1.82, 2.24) is 0 Å². The summed E-state index contributed by atoms with van der Waals surface area (Å²) < 4.78 is 0. The van der Waals surface area contributed by atoms with Gasteiger partial charge in [-0.3, -0.25) is 19.7 Å². The molecular weight excluding hydrogens is 250 g/mol. The Morgan fingerprint density at radius 2 is 1.95 bits per heavy atom.